The topological polar surface area (TPSA) is 61.4 Å². The summed E-state index contributed by atoms with van der Waals surface area (Å²) < 4.78 is 0. The van der Waals surface area contributed by atoms with Crippen LogP contribution in [0.2, 0.25) is 0 Å². The third-order valence-corrected chi connectivity index (χ3v) is 2.59. The molecule has 0 aliphatic heterocycles. The van der Waals surface area contributed by atoms with Crippen molar-refractivity contribution in [1.29, 1.82) is 0 Å². The zero-order valence-corrected chi connectivity index (χ0v) is 12.7. The summed E-state index contributed by atoms with van der Waals surface area (Å²) in [4.78, 5) is 11.7. The van der Waals surface area contributed by atoms with E-state index in [0.29, 0.717) is 19.0 Å². The minimum absolute atomic E-state index is 0.00772. The molecule has 0 saturated heterocycles. The number of hydrogen-bond acceptors (Lipinski definition) is 3. The molecule has 0 aromatic rings. The summed E-state index contributed by atoms with van der Waals surface area (Å²) in [6.45, 7) is 13.4. The first-order valence-corrected chi connectivity index (χ1v) is 6.81. The van der Waals surface area contributed by atoms with Gasteiger partial charge >= 0.3 is 0 Å². The number of rotatable bonds is 7. The lowest BCUT2D eigenvalue weighted by Gasteiger charge is -2.24. The molecule has 0 aromatic carbocycles. The second-order valence-corrected chi connectivity index (χ2v) is 6.69. The lowest BCUT2D eigenvalue weighted by atomic mass is 9.89. The maximum absolute atomic E-state index is 11.7. The van der Waals surface area contributed by atoms with E-state index in [1.165, 1.54) is 0 Å². The quantitative estimate of drug-likeness (QED) is 0.649. The zero-order chi connectivity index (χ0) is 14.3. The number of aliphatic hydroxyl groups excluding tert-OH is 1. The largest absolute Gasteiger partial charge is 0.392 e. The Kier molecular flexibility index (Phi) is 7.48. The van der Waals surface area contributed by atoms with Crippen LogP contribution < -0.4 is 10.6 Å². The van der Waals surface area contributed by atoms with Gasteiger partial charge in [-0.3, -0.25) is 4.79 Å². The maximum Gasteiger partial charge on any atom is 0.236 e. The van der Waals surface area contributed by atoms with E-state index in [9.17, 15) is 9.90 Å². The second-order valence-electron chi connectivity index (χ2n) is 6.69. The SMILES string of the molecule is CC(C)CNC(=O)C(C)NCC(O)CC(C)(C)C. The minimum atomic E-state index is -0.412. The van der Waals surface area contributed by atoms with Crippen molar-refractivity contribution in [2.75, 3.05) is 13.1 Å². The monoisotopic (exact) mass is 258 g/mol. The van der Waals surface area contributed by atoms with Crippen molar-refractivity contribution in [1.82, 2.24) is 10.6 Å². The van der Waals surface area contributed by atoms with Gasteiger partial charge in [0.05, 0.1) is 12.1 Å². The molecule has 4 nitrogen and oxygen atoms in total. The summed E-state index contributed by atoms with van der Waals surface area (Å²) in [6.07, 6.45) is 0.311. The Hall–Kier alpha value is -0.610. The number of carbonyl (C=O) groups excluding carboxylic acids is 1. The van der Waals surface area contributed by atoms with Gasteiger partial charge in [0.15, 0.2) is 0 Å². The van der Waals surface area contributed by atoms with Crippen LogP contribution in [-0.2, 0) is 4.79 Å². The smallest absolute Gasteiger partial charge is 0.236 e. The molecule has 3 N–H and O–H groups in total. The number of amides is 1. The fourth-order valence-corrected chi connectivity index (χ4v) is 1.64. The molecule has 0 fully saturated rings. The molecule has 0 aromatic heterocycles. The molecule has 0 heterocycles. The van der Waals surface area contributed by atoms with Crippen LogP contribution in [0.5, 0.6) is 0 Å². The van der Waals surface area contributed by atoms with Gasteiger partial charge in [-0.2, -0.15) is 0 Å². The standard InChI is InChI=1S/C14H30N2O2/c1-10(2)8-16-13(18)11(3)15-9-12(17)7-14(4,5)6/h10-12,15,17H,7-9H2,1-6H3,(H,16,18). The normalized spacial score (nSPS) is 15.6. The molecule has 1 amide bonds. The van der Waals surface area contributed by atoms with Gasteiger partial charge in [-0.05, 0) is 24.7 Å². The molecule has 0 spiro atoms. The molecule has 18 heavy (non-hydrogen) atoms. The molecule has 0 aliphatic carbocycles. The first-order valence-electron chi connectivity index (χ1n) is 6.81. The first-order chi connectivity index (χ1) is 8.11. The molecule has 0 saturated carbocycles. The van der Waals surface area contributed by atoms with E-state index in [1.54, 1.807) is 0 Å². The van der Waals surface area contributed by atoms with Crippen LogP contribution in [0.25, 0.3) is 0 Å². The van der Waals surface area contributed by atoms with Crippen LogP contribution in [0.15, 0.2) is 0 Å². The van der Waals surface area contributed by atoms with E-state index in [-0.39, 0.29) is 17.4 Å². The van der Waals surface area contributed by atoms with Crippen LogP contribution in [0, 0.1) is 11.3 Å². The van der Waals surface area contributed by atoms with Crippen molar-refractivity contribution in [3.8, 4) is 0 Å². The fourth-order valence-electron chi connectivity index (χ4n) is 1.64. The highest BCUT2D eigenvalue weighted by Crippen LogP contribution is 2.20. The molecular weight excluding hydrogens is 228 g/mol. The molecule has 0 rings (SSSR count). The van der Waals surface area contributed by atoms with Crippen LogP contribution in [0.4, 0.5) is 0 Å². The van der Waals surface area contributed by atoms with Crippen molar-refractivity contribution in [3.63, 3.8) is 0 Å². The lowest BCUT2D eigenvalue weighted by Crippen LogP contribution is -2.46. The Labute approximate surface area is 112 Å². The first kappa shape index (κ1) is 17.4. The van der Waals surface area contributed by atoms with Crippen LogP contribution in [-0.4, -0.2) is 36.2 Å². The van der Waals surface area contributed by atoms with Crippen molar-refractivity contribution in [2.24, 2.45) is 11.3 Å². The zero-order valence-electron chi connectivity index (χ0n) is 12.7. The van der Waals surface area contributed by atoms with Gasteiger partial charge in [-0.1, -0.05) is 34.6 Å². The third kappa shape index (κ3) is 9.42. The van der Waals surface area contributed by atoms with Gasteiger partial charge in [0.25, 0.3) is 0 Å². The molecular formula is C14H30N2O2. The van der Waals surface area contributed by atoms with E-state index in [2.05, 4.69) is 45.3 Å². The molecule has 108 valence electrons. The lowest BCUT2D eigenvalue weighted by molar-refractivity contribution is -0.123. The summed E-state index contributed by atoms with van der Waals surface area (Å²) in [5.74, 6) is 0.444. The summed E-state index contributed by atoms with van der Waals surface area (Å²) in [6, 6.07) is -0.265. The summed E-state index contributed by atoms with van der Waals surface area (Å²) in [5, 5.41) is 15.8. The van der Waals surface area contributed by atoms with E-state index < -0.39 is 6.10 Å². The van der Waals surface area contributed by atoms with Gasteiger partial charge in [-0.25, -0.2) is 0 Å². The maximum atomic E-state index is 11.7. The predicted octanol–water partition coefficient (Wildman–Crippen LogP) is 1.53. The van der Waals surface area contributed by atoms with Gasteiger partial charge in [0, 0.05) is 13.1 Å². The Balaban J connectivity index is 3.88. The van der Waals surface area contributed by atoms with Gasteiger partial charge in [-0.15, -0.1) is 0 Å². The molecule has 0 radical (unpaired) electrons. The predicted molar refractivity (Wildman–Crippen MR) is 75.4 cm³/mol. The van der Waals surface area contributed by atoms with Crippen molar-refractivity contribution in [2.45, 2.75) is 60.1 Å². The molecule has 0 bridgehead atoms. The molecule has 2 atom stereocenters. The number of aliphatic hydroxyl groups is 1. The van der Waals surface area contributed by atoms with E-state index in [1.807, 2.05) is 6.92 Å². The third-order valence-electron chi connectivity index (χ3n) is 2.59. The Morgan fingerprint density at radius 3 is 2.17 bits per heavy atom. The Morgan fingerprint density at radius 1 is 1.17 bits per heavy atom. The Morgan fingerprint density at radius 2 is 1.72 bits per heavy atom. The Bertz CT molecular complexity index is 247. The molecule has 0 aliphatic rings. The van der Waals surface area contributed by atoms with Gasteiger partial charge < -0.3 is 15.7 Å². The number of hydrogen-bond donors (Lipinski definition) is 3. The van der Waals surface area contributed by atoms with E-state index in [0.717, 1.165) is 6.42 Å². The average Bonchev–Trinajstić information content (AvgIpc) is 2.19. The van der Waals surface area contributed by atoms with Gasteiger partial charge in [0.1, 0.15) is 0 Å². The highest BCUT2D eigenvalue weighted by molar-refractivity contribution is 5.81. The highest BCUT2D eigenvalue weighted by atomic mass is 16.3. The molecule has 2 unspecified atom stereocenters. The van der Waals surface area contributed by atoms with Crippen LogP contribution in [0.1, 0.15) is 48.0 Å². The van der Waals surface area contributed by atoms with Gasteiger partial charge in [0.2, 0.25) is 5.91 Å². The van der Waals surface area contributed by atoms with E-state index >= 15 is 0 Å². The summed E-state index contributed by atoms with van der Waals surface area (Å²) in [5.41, 5.74) is 0.101. The van der Waals surface area contributed by atoms with Crippen LogP contribution in [0.3, 0.4) is 0 Å². The van der Waals surface area contributed by atoms with Crippen LogP contribution >= 0.6 is 0 Å². The number of nitrogens with one attached hydrogen (secondary N) is 2. The van der Waals surface area contributed by atoms with Crippen molar-refractivity contribution < 1.29 is 9.90 Å². The fraction of sp³-hybridized carbons (Fsp3) is 0.929. The van der Waals surface area contributed by atoms with E-state index in [4.69, 9.17) is 0 Å². The minimum Gasteiger partial charge on any atom is -0.392 e. The average molecular weight is 258 g/mol. The summed E-state index contributed by atoms with van der Waals surface area (Å²) in [7, 11) is 0. The van der Waals surface area contributed by atoms with Crippen molar-refractivity contribution >= 4 is 5.91 Å². The summed E-state index contributed by atoms with van der Waals surface area (Å²) >= 11 is 0. The van der Waals surface area contributed by atoms with Crippen molar-refractivity contribution in [3.05, 3.63) is 0 Å². The molecule has 4 heteroatoms. The highest BCUT2D eigenvalue weighted by Gasteiger charge is 2.18. The number of carbonyl (C=O) groups is 1. The second kappa shape index (κ2) is 7.74.